The molecule has 0 aliphatic heterocycles. The number of hydrogen-bond acceptors (Lipinski definition) is 4. The second-order valence-corrected chi connectivity index (χ2v) is 8.84. The summed E-state index contributed by atoms with van der Waals surface area (Å²) >= 11 is 3.24. The van der Waals surface area contributed by atoms with E-state index < -0.39 is 28.3 Å². The highest BCUT2D eigenvalue weighted by Crippen LogP contribution is 2.19. The molecule has 0 spiro atoms. The smallest absolute Gasteiger partial charge is 0.243 e. The minimum absolute atomic E-state index is 0.0700. The maximum absolute atomic E-state index is 14.2. The first-order valence-electron chi connectivity index (χ1n) is 8.09. The number of sulfonamides is 1. The summed E-state index contributed by atoms with van der Waals surface area (Å²) in [5, 5.41) is 6.45. The minimum atomic E-state index is -3.82. The Labute approximate surface area is 170 Å². The van der Waals surface area contributed by atoms with Crippen molar-refractivity contribution in [2.45, 2.75) is 4.90 Å². The van der Waals surface area contributed by atoms with Crippen LogP contribution in [-0.2, 0) is 14.8 Å². The van der Waals surface area contributed by atoms with Gasteiger partial charge < -0.3 is 5.32 Å². The van der Waals surface area contributed by atoms with Crippen LogP contribution in [0.15, 0.2) is 70.3 Å². The Balaban J connectivity index is 1.68. The van der Waals surface area contributed by atoms with E-state index in [0.717, 1.165) is 14.8 Å². The number of benzene rings is 2. The van der Waals surface area contributed by atoms with Gasteiger partial charge >= 0.3 is 0 Å². The van der Waals surface area contributed by atoms with Gasteiger partial charge in [-0.2, -0.15) is 9.40 Å². The number of amides is 1. The van der Waals surface area contributed by atoms with Crippen LogP contribution in [-0.4, -0.2) is 42.0 Å². The molecule has 1 heterocycles. The third-order valence-corrected chi connectivity index (χ3v) is 6.22. The molecule has 28 heavy (non-hydrogen) atoms. The maximum Gasteiger partial charge on any atom is 0.243 e. The van der Waals surface area contributed by atoms with Gasteiger partial charge in [-0.3, -0.25) is 4.79 Å². The molecule has 3 aromatic rings. The first kappa shape index (κ1) is 20.2. The number of nitrogens with zero attached hydrogens (tertiary/aromatic N) is 3. The number of hydrogen-bond donors (Lipinski definition) is 1. The van der Waals surface area contributed by atoms with Gasteiger partial charge in [0.25, 0.3) is 0 Å². The summed E-state index contributed by atoms with van der Waals surface area (Å²) in [5.74, 6) is -1.16. The molecule has 2 aromatic carbocycles. The monoisotopic (exact) mass is 466 g/mol. The van der Waals surface area contributed by atoms with E-state index >= 15 is 0 Å². The van der Waals surface area contributed by atoms with E-state index in [1.807, 2.05) is 0 Å². The van der Waals surface area contributed by atoms with Gasteiger partial charge in [0.15, 0.2) is 5.82 Å². The Morgan fingerprint density at radius 1 is 1.25 bits per heavy atom. The molecular weight excluding hydrogens is 451 g/mol. The van der Waals surface area contributed by atoms with Crippen LogP contribution in [0.2, 0.25) is 0 Å². The molecule has 1 aromatic heterocycles. The van der Waals surface area contributed by atoms with E-state index in [-0.39, 0.29) is 16.3 Å². The molecule has 3 rings (SSSR count). The van der Waals surface area contributed by atoms with Gasteiger partial charge in [-0.1, -0.05) is 15.9 Å². The number of rotatable bonds is 6. The number of carbonyl (C=O) groups is 1. The molecule has 0 aliphatic rings. The van der Waals surface area contributed by atoms with E-state index in [9.17, 15) is 17.6 Å². The lowest BCUT2D eigenvalue weighted by atomic mass is 10.2. The molecule has 0 aliphatic carbocycles. The number of halogens is 2. The predicted molar refractivity (Wildman–Crippen MR) is 106 cm³/mol. The van der Waals surface area contributed by atoms with Crippen LogP contribution in [0.5, 0.6) is 0 Å². The lowest BCUT2D eigenvalue weighted by molar-refractivity contribution is -0.116. The average molecular weight is 467 g/mol. The molecule has 0 radical (unpaired) electrons. The highest BCUT2D eigenvalue weighted by molar-refractivity contribution is 9.10. The fourth-order valence-corrected chi connectivity index (χ4v) is 3.85. The Kier molecular flexibility index (Phi) is 5.92. The predicted octanol–water partition coefficient (Wildman–Crippen LogP) is 3.03. The van der Waals surface area contributed by atoms with Gasteiger partial charge in [0.05, 0.1) is 11.4 Å². The number of carbonyl (C=O) groups excluding carboxylic acids is 1. The van der Waals surface area contributed by atoms with Crippen molar-refractivity contribution >= 4 is 37.5 Å². The topological polar surface area (TPSA) is 84.3 Å². The lowest BCUT2D eigenvalue weighted by Gasteiger charge is -2.17. The Morgan fingerprint density at radius 3 is 2.57 bits per heavy atom. The summed E-state index contributed by atoms with van der Waals surface area (Å²) < 4.78 is 42.3. The van der Waals surface area contributed by atoms with E-state index in [1.165, 1.54) is 42.2 Å². The highest BCUT2D eigenvalue weighted by Gasteiger charge is 2.23. The lowest BCUT2D eigenvalue weighted by Crippen LogP contribution is -2.35. The molecule has 0 saturated heterocycles. The van der Waals surface area contributed by atoms with Crippen LogP contribution >= 0.6 is 15.9 Å². The van der Waals surface area contributed by atoms with E-state index in [4.69, 9.17) is 0 Å². The Morgan fingerprint density at radius 2 is 1.96 bits per heavy atom. The Bertz CT molecular complexity index is 1090. The molecule has 0 saturated carbocycles. The van der Waals surface area contributed by atoms with Crippen molar-refractivity contribution in [3.05, 3.63) is 71.2 Å². The minimum Gasteiger partial charge on any atom is -0.325 e. The van der Waals surface area contributed by atoms with Crippen LogP contribution in [0.3, 0.4) is 0 Å². The van der Waals surface area contributed by atoms with Crippen LogP contribution in [0.1, 0.15) is 0 Å². The van der Waals surface area contributed by atoms with Crippen LogP contribution < -0.4 is 5.32 Å². The van der Waals surface area contributed by atoms with E-state index in [2.05, 4.69) is 26.3 Å². The summed E-state index contributed by atoms with van der Waals surface area (Å²) in [6.45, 7) is -0.416. The third kappa shape index (κ3) is 4.46. The zero-order valence-corrected chi connectivity index (χ0v) is 17.1. The molecule has 146 valence electrons. The normalized spacial score (nSPS) is 11.6. The van der Waals surface area contributed by atoms with Gasteiger partial charge in [0, 0.05) is 29.6 Å². The van der Waals surface area contributed by atoms with Crippen molar-refractivity contribution in [1.29, 1.82) is 0 Å². The number of aromatic nitrogens is 2. The molecule has 10 heteroatoms. The molecule has 1 N–H and O–H groups in total. The van der Waals surface area contributed by atoms with Gasteiger partial charge in [-0.05, 0) is 48.5 Å². The number of anilines is 1. The quantitative estimate of drug-likeness (QED) is 0.604. The van der Waals surface area contributed by atoms with Crippen molar-refractivity contribution in [3.8, 4) is 5.69 Å². The van der Waals surface area contributed by atoms with Crippen molar-refractivity contribution in [3.63, 3.8) is 0 Å². The van der Waals surface area contributed by atoms with Crippen molar-refractivity contribution in [2.24, 2.45) is 0 Å². The highest BCUT2D eigenvalue weighted by atomic mass is 79.9. The first-order valence-corrected chi connectivity index (χ1v) is 10.3. The zero-order valence-electron chi connectivity index (χ0n) is 14.7. The largest absolute Gasteiger partial charge is 0.325 e. The summed E-state index contributed by atoms with van der Waals surface area (Å²) in [6.07, 6.45) is 3.12. The summed E-state index contributed by atoms with van der Waals surface area (Å²) in [6, 6.07) is 11.9. The van der Waals surface area contributed by atoms with Crippen molar-refractivity contribution in [2.75, 3.05) is 18.9 Å². The SMILES string of the molecule is CN(CC(=O)Nc1ccc(-n2cccn2)c(F)c1)S(=O)(=O)c1ccc(Br)cc1. The Hall–Kier alpha value is -2.56. The summed E-state index contributed by atoms with van der Waals surface area (Å²) in [5.41, 5.74) is 0.450. The molecule has 0 fully saturated rings. The molecule has 1 amide bonds. The number of nitrogens with one attached hydrogen (secondary N) is 1. The second-order valence-electron chi connectivity index (χ2n) is 5.88. The molecule has 7 nitrogen and oxygen atoms in total. The van der Waals surface area contributed by atoms with Crippen LogP contribution in [0, 0.1) is 5.82 Å². The van der Waals surface area contributed by atoms with E-state index in [0.29, 0.717) is 0 Å². The standard InChI is InChI=1S/C18H16BrFN4O3S/c1-23(28(26,27)15-6-3-13(19)4-7-15)12-18(25)22-14-5-8-17(16(20)11-14)24-10-2-9-21-24/h2-11H,12H2,1H3,(H,22,25). The molecule has 0 unspecified atom stereocenters. The number of likely N-dealkylation sites (N-methyl/N-ethyl adjacent to an activating group) is 1. The van der Waals surface area contributed by atoms with Crippen molar-refractivity contribution < 1.29 is 17.6 Å². The fourth-order valence-electron chi connectivity index (χ4n) is 2.46. The molecular formula is C18H16BrFN4O3S. The van der Waals surface area contributed by atoms with Crippen LogP contribution in [0.4, 0.5) is 10.1 Å². The van der Waals surface area contributed by atoms with Gasteiger partial charge in [0.1, 0.15) is 5.69 Å². The average Bonchev–Trinajstić information content (AvgIpc) is 3.16. The first-order chi connectivity index (χ1) is 13.3. The van der Waals surface area contributed by atoms with Gasteiger partial charge in [-0.15, -0.1) is 0 Å². The van der Waals surface area contributed by atoms with Gasteiger partial charge in [-0.25, -0.2) is 17.5 Å². The molecule has 0 bridgehead atoms. The van der Waals surface area contributed by atoms with Gasteiger partial charge in [0.2, 0.25) is 15.9 Å². The van der Waals surface area contributed by atoms with E-state index in [1.54, 1.807) is 24.4 Å². The summed E-state index contributed by atoms with van der Waals surface area (Å²) in [4.78, 5) is 12.3. The fraction of sp³-hybridized carbons (Fsp3) is 0.111. The van der Waals surface area contributed by atoms with Crippen molar-refractivity contribution in [1.82, 2.24) is 14.1 Å². The summed E-state index contributed by atoms with van der Waals surface area (Å²) in [7, 11) is -2.52. The van der Waals surface area contributed by atoms with Crippen LogP contribution in [0.25, 0.3) is 5.69 Å². The molecule has 0 atom stereocenters. The maximum atomic E-state index is 14.2. The third-order valence-electron chi connectivity index (χ3n) is 3.87. The zero-order chi connectivity index (χ0) is 20.3. The second kappa shape index (κ2) is 8.21.